The van der Waals surface area contributed by atoms with Crippen LogP contribution in [0.5, 0.6) is 0 Å². The van der Waals surface area contributed by atoms with Gasteiger partial charge in [-0.15, -0.1) is 0 Å². The standard InChI is InChI=1S/C21H18Cl2N4O3.C14H16ClN3/c22-13-1-3-17-19(11-13)24-8-5-20(17)26-9-6-14(7-10-26)25-21(28)16-4-2-15(27(29)30)12-18(16)23;15-10-1-2-12-13(9-10)17-6-3-14(12)18-7-4-11(16)5-8-18/h1-5,8,11-12,14H,6-7,9-10H2,(H,25,28);1-3,6,9,11H,4-5,7-8,16H2. The Morgan fingerprint density at radius 1 is 0.771 bits per heavy atom. The Balaban J connectivity index is 0.000000189. The first kappa shape index (κ1) is 33.7. The largest absolute Gasteiger partial charge is 0.371 e. The molecule has 7 rings (SSSR count). The topological polar surface area (TPSA) is 131 Å². The number of halogens is 3. The van der Waals surface area contributed by atoms with Crippen molar-refractivity contribution in [3.63, 3.8) is 0 Å². The van der Waals surface area contributed by atoms with Crippen molar-refractivity contribution in [1.82, 2.24) is 15.3 Å². The first-order valence-electron chi connectivity index (χ1n) is 15.7. The fraction of sp³-hybridized carbons (Fsp3) is 0.286. The fourth-order valence-corrected chi connectivity index (χ4v) is 6.83. The number of rotatable bonds is 5. The lowest BCUT2D eigenvalue weighted by Crippen LogP contribution is -2.44. The molecule has 3 N–H and O–H groups in total. The molecular weight excluding hydrogens is 673 g/mol. The average Bonchev–Trinajstić information content (AvgIpc) is 3.08. The predicted molar refractivity (Wildman–Crippen MR) is 194 cm³/mol. The molecule has 3 aromatic carbocycles. The lowest BCUT2D eigenvalue weighted by atomic mass is 10.0. The lowest BCUT2D eigenvalue weighted by molar-refractivity contribution is -0.384. The summed E-state index contributed by atoms with van der Waals surface area (Å²) in [4.78, 5) is 36.3. The Morgan fingerprint density at radius 3 is 1.79 bits per heavy atom. The number of nitrogens with zero attached hydrogens (tertiary/aromatic N) is 5. The number of hydrogen-bond donors (Lipinski definition) is 2. The maximum Gasteiger partial charge on any atom is 0.270 e. The molecule has 0 aliphatic carbocycles. The SMILES string of the molecule is NC1CCN(c2ccnc3cc(Cl)ccc23)CC1.O=C(NC1CCN(c2ccnc3cc(Cl)ccc23)CC1)c1ccc([N+](=O)[O-])cc1Cl. The molecule has 1 amide bonds. The van der Waals surface area contributed by atoms with Crippen LogP contribution in [0.25, 0.3) is 21.8 Å². The molecule has 5 aromatic rings. The van der Waals surface area contributed by atoms with E-state index in [4.69, 9.17) is 40.5 Å². The number of benzene rings is 3. The van der Waals surface area contributed by atoms with Crippen molar-refractivity contribution in [2.45, 2.75) is 37.8 Å². The number of piperidine rings is 2. The van der Waals surface area contributed by atoms with Crippen LogP contribution in [0, 0.1) is 10.1 Å². The number of nitrogens with one attached hydrogen (secondary N) is 1. The van der Waals surface area contributed by atoms with Crippen LogP contribution in [-0.4, -0.2) is 59.1 Å². The van der Waals surface area contributed by atoms with E-state index in [9.17, 15) is 14.9 Å². The van der Waals surface area contributed by atoms with Gasteiger partial charge in [0.25, 0.3) is 11.6 Å². The second kappa shape index (κ2) is 14.9. The minimum Gasteiger partial charge on any atom is -0.371 e. The summed E-state index contributed by atoms with van der Waals surface area (Å²) in [6.45, 7) is 3.59. The predicted octanol–water partition coefficient (Wildman–Crippen LogP) is 7.66. The van der Waals surface area contributed by atoms with E-state index in [0.29, 0.717) is 11.1 Å². The summed E-state index contributed by atoms with van der Waals surface area (Å²) in [6.07, 6.45) is 7.28. The van der Waals surface area contributed by atoms with Crippen molar-refractivity contribution in [1.29, 1.82) is 0 Å². The van der Waals surface area contributed by atoms with E-state index in [-0.39, 0.29) is 28.2 Å². The molecule has 2 saturated heterocycles. The van der Waals surface area contributed by atoms with Gasteiger partial charge in [-0.25, -0.2) is 0 Å². The van der Waals surface area contributed by atoms with Gasteiger partial charge >= 0.3 is 0 Å². The third-order valence-corrected chi connectivity index (χ3v) is 9.61. The maximum absolute atomic E-state index is 12.6. The van der Waals surface area contributed by atoms with Crippen LogP contribution >= 0.6 is 34.8 Å². The van der Waals surface area contributed by atoms with E-state index in [1.54, 1.807) is 6.20 Å². The Bertz CT molecular complexity index is 1960. The quantitative estimate of drug-likeness (QED) is 0.141. The summed E-state index contributed by atoms with van der Waals surface area (Å²) in [7, 11) is 0. The van der Waals surface area contributed by atoms with Gasteiger partial charge < -0.3 is 20.9 Å². The summed E-state index contributed by atoms with van der Waals surface area (Å²) < 4.78 is 0. The second-order valence-electron chi connectivity index (χ2n) is 12.0. The number of nitro groups is 1. The van der Waals surface area contributed by atoms with Gasteiger partial charge in [0.15, 0.2) is 0 Å². The first-order chi connectivity index (χ1) is 23.2. The molecule has 0 saturated carbocycles. The zero-order valence-electron chi connectivity index (χ0n) is 26.0. The number of amides is 1. The third kappa shape index (κ3) is 7.73. The summed E-state index contributed by atoms with van der Waals surface area (Å²) in [5, 5.41) is 17.5. The molecule has 0 unspecified atom stereocenters. The molecule has 48 heavy (non-hydrogen) atoms. The van der Waals surface area contributed by atoms with Crippen molar-refractivity contribution >= 4 is 79.6 Å². The highest BCUT2D eigenvalue weighted by atomic mass is 35.5. The minimum atomic E-state index is -0.542. The zero-order valence-corrected chi connectivity index (χ0v) is 28.3. The highest BCUT2D eigenvalue weighted by Crippen LogP contribution is 2.31. The third-order valence-electron chi connectivity index (χ3n) is 8.82. The summed E-state index contributed by atoms with van der Waals surface area (Å²) in [5.41, 5.74) is 10.2. The van der Waals surface area contributed by atoms with Crippen molar-refractivity contribution < 1.29 is 9.72 Å². The molecule has 2 aliphatic heterocycles. The number of carbonyl (C=O) groups excluding carboxylic acids is 1. The van der Waals surface area contributed by atoms with Crippen LogP contribution in [0.15, 0.2) is 79.1 Å². The summed E-state index contributed by atoms with van der Waals surface area (Å²) >= 11 is 18.1. The number of aromatic nitrogens is 2. The Kier molecular flexibility index (Phi) is 10.5. The van der Waals surface area contributed by atoms with Gasteiger partial charge in [-0.1, -0.05) is 34.8 Å². The fourth-order valence-electron chi connectivity index (χ4n) is 6.23. The number of fused-ring (bicyclic) bond motifs is 2. The van der Waals surface area contributed by atoms with E-state index in [2.05, 4.69) is 37.2 Å². The normalized spacial score (nSPS) is 15.7. The van der Waals surface area contributed by atoms with E-state index in [1.165, 1.54) is 23.9 Å². The Hall–Kier alpha value is -4.22. The number of non-ortho nitro benzene ring substituents is 1. The van der Waals surface area contributed by atoms with Crippen LogP contribution in [-0.2, 0) is 0 Å². The van der Waals surface area contributed by atoms with Crippen LogP contribution in [0.3, 0.4) is 0 Å². The molecule has 2 fully saturated rings. The van der Waals surface area contributed by atoms with Crippen LogP contribution in [0.1, 0.15) is 36.0 Å². The van der Waals surface area contributed by atoms with Crippen LogP contribution < -0.4 is 20.9 Å². The highest BCUT2D eigenvalue weighted by Gasteiger charge is 2.24. The first-order valence-corrected chi connectivity index (χ1v) is 16.9. The van der Waals surface area contributed by atoms with Crippen LogP contribution in [0.4, 0.5) is 17.1 Å². The lowest BCUT2D eigenvalue weighted by Gasteiger charge is -2.34. The molecule has 2 aromatic heterocycles. The van der Waals surface area contributed by atoms with Crippen molar-refractivity contribution in [2.24, 2.45) is 5.73 Å². The highest BCUT2D eigenvalue weighted by molar-refractivity contribution is 6.34. The van der Waals surface area contributed by atoms with Gasteiger partial charge in [-0.3, -0.25) is 24.9 Å². The number of nitrogens with two attached hydrogens (primary N) is 1. The molecular formula is C35H34Cl3N7O3. The van der Waals surface area contributed by atoms with Gasteiger partial charge in [-0.05, 0) is 80.3 Å². The molecule has 2 aliphatic rings. The van der Waals surface area contributed by atoms with Crippen molar-refractivity contribution in [3.8, 4) is 0 Å². The number of hydrogen-bond acceptors (Lipinski definition) is 8. The van der Waals surface area contributed by atoms with Gasteiger partial charge in [0.05, 0.1) is 26.5 Å². The average molecular weight is 707 g/mol. The monoisotopic (exact) mass is 705 g/mol. The smallest absolute Gasteiger partial charge is 0.270 e. The zero-order chi connectivity index (χ0) is 33.8. The molecule has 0 bridgehead atoms. The summed E-state index contributed by atoms with van der Waals surface area (Å²) in [5.74, 6) is -0.322. The molecule has 248 valence electrons. The van der Waals surface area contributed by atoms with E-state index in [0.717, 1.165) is 84.4 Å². The molecule has 0 spiro atoms. The number of nitro benzene ring substituents is 1. The number of pyridine rings is 2. The molecule has 4 heterocycles. The minimum absolute atomic E-state index is 0.00237. The Labute approximate surface area is 292 Å². The molecule has 13 heteroatoms. The van der Waals surface area contributed by atoms with Crippen molar-refractivity contribution in [2.75, 3.05) is 36.0 Å². The maximum atomic E-state index is 12.6. The van der Waals surface area contributed by atoms with Crippen molar-refractivity contribution in [3.05, 3.63) is 110 Å². The summed E-state index contributed by atoms with van der Waals surface area (Å²) in [6, 6.07) is 19.9. The van der Waals surface area contributed by atoms with Gasteiger partial charge in [0.2, 0.25) is 0 Å². The van der Waals surface area contributed by atoms with Gasteiger partial charge in [0.1, 0.15) is 0 Å². The number of carbonyl (C=O) groups is 1. The molecule has 10 nitrogen and oxygen atoms in total. The van der Waals surface area contributed by atoms with Crippen LogP contribution in [0.2, 0.25) is 15.1 Å². The van der Waals surface area contributed by atoms with E-state index >= 15 is 0 Å². The van der Waals surface area contributed by atoms with Gasteiger partial charge in [0, 0.05) is 95.0 Å². The number of anilines is 2. The molecule has 0 atom stereocenters. The van der Waals surface area contributed by atoms with Gasteiger partial charge in [-0.2, -0.15) is 0 Å². The molecule has 0 radical (unpaired) electrons. The second-order valence-corrected chi connectivity index (χ2v) is 13.2. The Morgan fingerprint density at radius 2 is 1.29 bits per heavy atom. The van der Waals surface area contributed by atoms with E-state index < -0.39 is 4.92 Å². The van der Waals surface area contributed by atoms with E-state index in [1.807, 2.05) is 42.6 Å².